The second-order valence-electron chi connectivity index (χ2n) is 0. The van der Waals surface area contributed by atoms with E-state index in [1.165, 1.54) is 0 Å². The van der Waals surface area contributed by atoms with Gasteiger partial charge in [0, 0.05) is 63.2 Å². The molecule has 0 spiro atoms. The van der Waals surface area contributed by atoms with Gasteiger partial charge in [-0.2, -0.15) is 0 Å². The molecule has 0 heterocycles. The van der Waals surface area contributed by atoms with E-state index in [2.05, 4.69) is 0 Å². The molecule has 14 valence electrons. The molecule has 0 fully saturated rings. The summed E-state index contributed by atoms with van der Waals surface area (Å²) >= 11 is 0. The van der Waals surface area contributed by atoms with Crippen LogP contribution in [0.3, 0.4) is 0 Å². The van der Waals surface area contributed by atoms with Gasteiger partial charge in [0.25, 0.3) is 0 Å². The van der Waals surface area contributed by atoms with Crippen molar-refractivity contribution in [1.82, 2.24) is 0 Å². The third-order valence-electron chi connectivity index (χ3n) is 0. The molecule has 0 aliphatic carbocycles. The van der Waals surface area contributed by atoms with E-state index in [-0.39, 0.29) is 82.1 Å². The summed E-state index contributed by atoms with van der Waals surface area (Å²) in [6, 6.07) is 0. The van der Waals surface area contributed by atoms with E-state index in [9.17, 15) is 0 Å². The van der Waals surface area contributed by atoms with E-state index in [1.807, 2.05) is 0 Å². The molecular formula is HGeLiSnTi. The molecular weight excluding hydrogens is 246 g/mol. The SMILES string of the molecule is [Ge].[LiH].[Sn].[Ti]. The monoisotopic (exact) mass is 250 g/mol. The predicted octanol–water partition coefficient (Wildman–Crippen LogP) is -1.41. The van der Waals surface area contributed by atoms with Gasteiger partial charge in [0.15, 0.2) is 0 Å². The van der Waals surface area contributed by atoms with Crippen LogP contribution in [0.15, 0.2) is 0 Å². The smallest absolute Gasteiger partial charge is 0 e. The Labute approximate surface area is 80.8 Å². The van der Waals surface area contributed by atoms with Crippen LogP contribution in [0, 0.1) is 0 Å². The fourth-order valence-electron chi connectivity index (χ4n) is 0. The molecule has 0 aliphatic rings. The van der Waals surface area contributed by atoms with Crippen molar-refractivity contribution in [2.45, 2.75) is 0 Å². The first kappa shape index (κ1) is 30.2. The first-order valence-electron chi connectivity index (χ1n) is 0. The van der Waals surface area contributed by atoms with Gasteiger partial charge in [-0.25, -0.2) is 0 Å². The molecule has 0 aromatic rings. The standard InChI is InChI=1S/Ge.Li.Sn.Ti.H. The Morgan fingerprint density at radius 3 is 1.00 bits per heavy atom. The summed E-state index contributed by atoms with van der Waals surface area (Å²) < 4.78 is 0. The van der Waals surface area contributed by atoms with Gasteiger partial charge in [-0.3, -0.25) is 0 Å². The average Bonchev–Trinajstić information content (AvgIpc) is 0. The fourth-order valence-corrected chi connectivity index (χ4v) is 0. The minimum absolute atomic E-state index is 0. The van der Waals surface area contributed by atoms with Crippen molar-refractivity contribution in [3.63, 3.8) is 0 Å². The Hall–Kier alpha value is 2.65. The predicted molar refractivity (Wildman–Crippen MR) is 18.7 cm³/mol. The van der Waals surface area contributed by atoms with Crippen molar-refractivity contribution in [2.24, 2.45) is 0 Å². The van der Waals surface area contributed by atoms with Crippen molar-refractivity contribution in [2.75, 3.05) is 0 Å². The van der Waals surface area contributed by atoms with Crippen LogP contribution in [0.25, 0.3) is 0 Å². The minimum Gasteiger partial charge on any atom is 0 e. The summed E-state index contributed by atoms with van der Waals surface area (Å²) in [5.74, 6) is 0. The van der Waals surface area contributed by atoms with E-state index < -0.39 is 0 Å². The number of hydrogen-bond acceptors (Lipinski definition) is 0. The quantitative estimate of drug-likeness (QED) is 0.461. The molecule has 0 aliphatic heterocycles. The van der Waals surface area contributed by atoms with Gasteiger partial charge in [-0.1, -0.05) is 0 Å². The molecule has 4 heavy (non-hydrogen) atoms. The second-order valence-corrected chi connectivity index (χ2v) is 0. The zero-order valence-electron chi connectivity index (χ0n) is 1.50. The summed E-state index contributed by atoms with van der Waals surface area (Å²) in [7, 11) is 0. The van der Waals surface area contributed by atoms with Crippen LogP contribution < -0.4 is 0 Å². The molecule has 0 aromatic heterocycles. The molecule has 4 heteroatoms. The Morgan fingerprint density at radius 1 is 1.00 bits per heavy atom. The minimum atomic E-state index is 0. The van der Waals surface area contributed by atoms with E-state index in [0.717, 1.165) is 0 Å². The Balaban J connectivity index is 0. The Morgan fingerprint density at radius 2 is 1.00 bits per heavy atom. The number of hydrogen-bond donors (Lipinski definition) is 0. The molecule has 0 saturated heterocycles. The maximum absolute atomic E-state index is 0. The van der Waals surface area contributed by atoms with E-state index in [4.69, 9.17) is 0 Å². The second kappa shape index (κ2) is 17.4. The van der Waals surface area contributed by atoms with E-state index in [0.29, 0.717) is 0 Å². The summed E-state index contributed by atoms with van der Waals surface area (Å²) in [4.78, 5) is 0. The van der Waals surface area contributed by atoms with Gasteiger partial charge in [-0.05, 0) is 0 Å². The molecule has 0 rings (SSSR count). The third-order valence-corrected chi connectivity index (χ3v) is 0. The third kappa shape index (κ3) is 8.82. The first-order valence-corrected chi connectivity index (χ1v) is 0. The normalized spacial score (nSPS) is 0. The van der Waals surface area contributed by atoms with Crippen molar-refractivity contribution >= 4 is 60.4 Å². The molecule has 0 atom stereocenters. The van der Waals surface area contributed by atoms with Crippen molar-refractivity contribution < 1.29 is 21.7 Å². The largest absolute Gasteiger partial charge is 0 e. The van der Waals surface area contributed by atoms with E-state index >= 15 is 0 Å². The zero-order valence-corrected chi connectivity index (χ0v) is 8.01. The van der Waals surface area contributed by atoms with Crippen LogP contribution >= 0.6 is 0 Å². The van der Waals surface area contributed by atoms with E-state index in [1.54, 1.807) is 0 Å². The van der Waals surface area contributed by atoms with Gasteiger partial charge in [0.05, 0.1) is 0 Å². The van der Waals surface area contributed by atoms with Gasteiger partial charge in [0.1, 0.15) is 0 Å². The molecule has 0 N–H and O–H groups in total. The molecule has 0 unspecified atom stereocenters. The van der Waals surface area contributed by atoms with Crippen LogP contribution in [0.1, 0.15) is 0 Å². The zero-order chi connectivity index (χ0) is 0. The molecule has 0 bridgehead atoms. The molecule has 0 amide bonds. The maximum atomic E-state index is 0. The summed E-state index contributed by atoms with van der Waals surface area (Å²) in [5, 5.41) is 0. The van der Waals surface area contributed by atoms with Crippen molar-refractivity contribution in [3.05, 3.63) is 0 Å². The van der Waals surface area contributed by atoms with Crippen molar-refractivity contribution in [1.29, 1.82) is 0 Å². The van der Waals surface area contributed by atoms with Crippen LogP contribution in [0.4, 0.5) is 0 Å². The van der Waals surface area contributed by atoms with Crippen LogP contribution in [0.2, 0.25) is 0 Å². The van der Waals surface area contributed by atoms with Crippen LogP contribution in [0.5, 0.6) is 0 Å². The topological polar surface area (TPSA) is 0 Å². The Kier molecular flexibility index (Phi) is 131. The van der Waals surface area contributed by atoms with Crippen LogP contribution in [-0.2, 0) is 21.7 Å². The van der Waals surface area contributed by atoms with Crippen LogP contribution in [-0.4, -0.2) is 60.4 Å². The molecule has 0 nitrogen and oxygen atoms in total. The molecule has 0 saturated carbocycles. The van der Waals surface area contributed by atoms with Gasteiger partial charge in [0.2, 0.25) is 0 Å². The first-order chi connectivity index (χ1) is 0. The number of rotatable bonds is 0. The average molecular weight is 247 g/mol. The summed E-state index contributed by atoms with van der Waals surface area (Å²) in [6.07, 6.45) is 0. The molecule has 0 aromatic carbocycles. The summed E-state index contributed by atoms with van der Waals surface area (Å²) in [6.45, 7) is 0. The van der Waals surface area contributed by atoms with Crippen molar-refractivity contribution in [3.8, 4) is 0 Å². The maximum Gasteiger partial charge on any atom is 0 e. The fraction of sp³-hybridized carbons (Fsp3) is 0. The Bertz CT molecular complexity index is 8.00. The summed E-state index contributed by atoms with van der Waals surface area (Å²) in [5.41, 5.74) is 0. The molecule has 8 radical (unpaired) electrons. The van der Waals surface area contributed by atoms with Gasteiger partial charge < -0.3 is 0 Å². The van der Waals surface area contributed by atoms with Gasteiger partial charge in [-0.15, -0.1) is 0 Å². The van der Waals surface area contributed by atoms with Gasteiger partial charge >= 0.3 is 18.9 Å².